The Morgan fingerprint density at radius 2 is 2.08 bits per heavy atom. The molecular weight excluding hydrogens is 200 g/mol. The van der Waals surface area contributed by atoms with Crippen LogP contribution in [0.15, 0.2) is 27.6 Å². The van der Waals surface area contributed by atoms with Crippen LogP contribution in [0.25, 0.3) is 0 Å². The fourth-order valence-electron chi connectivity index (χ4n) is 1.14. The highest BCUT2D eigenvalue weighted by atomic mass is 32.1. The Kier molecular flexibility index (Phi) is 2.29. The van der Waals surface area contributed by atoms with Gasteiger partial charge in [0.1, 0.15) is 0 Å². The highest BCUT2D eigenvalue weighted by Gasteiger charge is 2.11. The van der Waals surface area contributed by atoms with Gasteiger partial charge in [-0.05, 0) is 29.3 Å². The van der Waals surface area contributed by atoms with Crippen molar-refractivity contribution < 1.29 is 4.79 Å². The van der Waals surface area contributed by atoms with E-state index in [1.807, 2.05) is 34.5 Å². The second-order valence-electron chi connectivity index (χ2n) is 2.81. The summed E-state index contributed by atoms with van der Waals surface area (Å²) in [5.41, 5.74) is 2.70. The Bertz CT molecular complexity index is 412. The molecule has 0 radical (unpaired) electrons. The van der Waals surface area contributed by atoms with Gasteiger partial charge in [0.2, 0.25) is 0 Å². The Morgan fingerprint density at radius 3 is 2.62 bits per heavy atom. The van der Waals surface area contributed by atoms with Gasteiger partial charge < -0.3 is 0 Å². The molecule has 0 bridgehead atoms. The zero-order valence-corrected chi connectivity index (χ0v) is 8.74. The van der Waals surface area contributed by atoms with Gasteiger partial charge in [-0.1, -0.05) is 0 Å². The number of aryl methyl sites for hydroxylation is 1. The molecule has 0 saturated carbocycles. The molecule has 13 heavy (non-hydrogen) atoms. The lowest BCUT2D eigenvalue weighted by Crippen LogP contribution is -1.98. The van der Waals surface area contributed by atoms with Crippen LogP contribution in [-0.4, -0.2) is 5.78 Å². The number of thiophene rings is 2. The van der Waals surface area contributed by atoms with E-state index in [0.717, 1.165) is 16.7 Å². The van der Waals surface area contributed by atoms with Crippen molar-refractivity contribution in [3.63, 3.8) is 0 Å². The summed E-state index contributed by atoms with van der Waals surface area (Å²) in [5, 5.41) is 7.73. The number of carbonyl (C=O) groups is 1. The first kappa shape index (κ1) is 8.66. The van der Waals surface area contributed by atoms with Crippen molar-refractivity contribution in [1.82, 2.24) is 0 Å². The fourth-order valence-corrected chi connectivity index (χ4v) is 2.61. The van der Waals surface area contributed by atoms with Crippen LogP contribution in [0.5, 0.6) is 0 Å². The Labute approximate surface area is 84.7 Å². The molecule has 0 spiro atoms. The first-order valence-corrected chi connectivity index (χ1v) is 5.77. The highest BCUT2D eigenvalue weighted by molar-refractivity contribution is 7.08. The third kappa shape index (κ3) is 1.57. The Morgan fingerprint density at radius 1 is 1.23 bits per heavy atom. The Balaban J connectivity index is 2.39. The molecule has 2 aromatic rings. The molecule has 2 aromatic heterocycles. The summed E-state index contributed by atoms with van der Waals surface area (Å²) in [4.78, 5) is 11.8. The van der Waals surface area contributed by atoms with Crippen LogP contribution < -0.4 is 0 Å². The smallest absolute Gasteiger partial charge is 0.194 e. The molecule has 0 aliphatic heterocycles. The van der Waals surface area contributed by atoms with E-state index < -0.39 is 0 Å². The van der Waals surface area contributed by atoms with E-state index in [2.05, 4.69) is 0 Å². The first-order valence-electron chi connectivity index (χ1n) is 3.88. The molecule has 2 rings (SSSR count). The second-order valence-corrected chi connectivity index (χ2v) is 4.33. The van der Waals surface area contributed by atoms with E-state index in [-0.39, 0.29) is 5.78 Å². The van der Waals surface area contributed by atoms with Crippen molar-refractivity contribution in [1.29, 1.82) is 0 Å². The maximum absolute atomic E-state index is 11.8. The zero-order chi connectivity index (χ0) is 9.26. The molecule has 0 N–H and O–H groups in total. The summed E-state index contributed by atoms with van der Waals surface area (Å²) < 4.78 is 0. The van der Waals surface area contributed by atoms with E-state index in [0.29, 0.717) is 0 Å². The fraction of sp³-hybridized carbons (Fsp3) is 0.100. The average Bonchev–Trinajstić information content (AvgIpc) is 2.72. The molecule has 0 aliphatic carbocycles. The van der Waals surface area contributed by atoms with Crippen LogP contribution in [0.2, 0.25) is 0 Å². The van der Waals surface area contributed by atoms with Crippen molar-refractivity contribution >= 4 is 28.5 Å². The highest BCUT2D eigenvalue weighted by Crippen LogP contribution is 2.19. The first-order chi connectivity index (χ1) is 6.29. The standard InChI is InChI=1S/C10H8OS2/c1-7-4-13-6-9(7)10(11)8-2-3-12-5-8/h2-6H,1H3. The van der Waals surface area contributed by atoms with Crippen LogP contribution in [0.4, 0.5) is 0 Å². The summed E-state index contributed by atoms with van der Waals surface area (Å²) >= 11 is 3.13. The lowest BCUT2D eigenvalue weighted by molar-refractivity contribution is 0.103. The van der Waals surface area contributed by atoms with Crippen molar-refractivity contribution in [2.45, 2.75) is 6.92 Å². The molecular formula is C10H8OS2. The van der Waals surface area contributed by atoms with Crippen molar-refractivity contribution in [2.24, 2.45) is 0 Å². The quantitative estimate of drug-likeness (QED) is 0.692. The monoisotopic (exact) mass is 208 g/mol. The molecule has 0 fully saturated rings. The molecule has 0 atom stereocenters. The van der Waals surface area contributed by atoms with E-state index in [4.69, 9.17) is 0 Å². The van der Waals surface area contributed by atoms with E-state index in [9.17, 15) is 4.79 Å². The number of carbonyl (C=O) groups excluding carboxylic acids is 1. The molecule has 0 unspecified atom stereocenters. The summed E-state index contributed by atoms with van der Waals surface area (Å²) in [6, 6.07) is 1.87. The van der Waals surface area contributed by atoms with Gasteiger partial charge in [-0.3, -0.25) is 4.79 Å². The molecule has 0 aliphatic rings. The minimum absolute atomic E-state index is 0.139. The zero-order valence-electron chi connectivity index (χ0n) is 7.11. The predicted octanol–water partition coefficient (Wildman–Crippen LogP) is 3.35. The van der Waals surface area contributed by atoms with E-state index >= 15 is 0 Å². The van der Waals surface area contributed by atoms with Crippen LogP contribution in [0, 0.1) is 6.92 Å². The minimum atomic E-state index is 0.139. The topological polar surface area (TPSA) is 17.1 Å². The third-order valence-electron chi connectivity index (χ3n) is 1.88. The average molecular weight is 208 g/mol. The van der Waals surface area contributed by atoms with Gasteiger partial charge in [-0.2, -0.15) is 22.7 Å². The lowest BCUT2D eigenvalue weighted by atomic mass is 10.1. The van der Waals surface area contributed by atoms with Gasteiger partial charge >= 0.3 is 0 Å². The maximum atomic E-state index is 11.8. The van der Waals surface area contributed by atoms with Crippen LogP contribution >= 0.6 is 22.7 Å². The van der Waals surface area contributed by atoms with Crippen molar-refractivity contribution in [3.8, 4) is 0 Å². The largest absolute Gasteiger partial charge is 0.289 e. The lowest BCUT2D eigenvalue weighted by Gasteiger charge is -1.95. The summed E-state index contributed by atoms with van der Waals surface area (Å²) in [7, 11) is 0. The normalized spacial score (nSPS) is 10.2. The molecule has 66 valence electrons. The van der Waals surface area contributed by atoms with Gasteiger partial charge in [0.15, 0.2) is 5.78 Å². The molecule has 3 heteroatoms. The van der Waals surface area contributed by atoms with E-state index in [1.54, 1.807) is 22.7 Å². The minimum Gasteiger partial charge on any atom is -0.289 e. The van der Waals surface area contributed by atoms with Gasteiger partial charge in [0.05, 0.1) is 0 Å². The summed E-state index contributed by atoms with van der Waals surface area (Å²) in [5.74, 6) is 0.139. The van der Waals surface area contributed by atoms with E-state index in [1.165, 1.54) is 0 Å². The predicted molar refractivity (Wildman–Crippen MR) is 56.8 cm³/mol. The van der Waals surface area contributed by atoms with Crippen molar-refractivity contribution in [3.05, 3.63) is 44.3 Å². The second kappa shape index (κ2) is 3.44. The molecule has 0 aromatic carbocycles. The molecule has 0 saturated heterocycles. The van der Waals surface area contributed by atoms with Crippen LogP contribution in [-0.2, 0) is 0 Å². The van der Waals surface area contributed by atoms with Gasteiger partial charge in [-0.15, -0.1) is 0 Å². The van der Waals surface area contributed by atoms with Crippen LogP contribution in [0.1, 0.15) is 21.5 Å². The maximum Gasteiger partial charge on any atom is 0.194 e. The van der Waals surface area contributed by atoms with Gasteiger partial charge in [0.25, 0.3) is 0 Å². The summed E-state index contributed by atoms with van der Waals surface area (Å²) in [6.07, 6.45) is 0. The number of ketones is 1. The molecule has 1 nitrogen and oxygen atoms in total. The number of hydrogen-bond donors (Lipinski definition) is 0. The Hall–Kier alpha value is -0.930. The SMILES string of the molecule is Cc1cscc1C(=O)c1ccsc1. The third-order valence-corrected chi connectivity index (χ3v) is 3.43. The van der Waals surface area contributed by atoms with Gasteiger partial charge in [0, 0.05) is 21.9 Å². The number of hydrogen-bond acceptors (Lipinski definition) is 3. The molecule has 0 amide bonds. The van der Waals surface area contributed by atoms with Gasteiger partial charge in [-0.25, -0.2) is 0 Å². The number of rotatable bonds is 2. The summed E-state index contributed by atoms with van der Waals surface area (Å²) in [6.45, 7) is 1.97. The van der Waals surface area contributed by atoms with Crippen LogP contribution in [0.3, 0.4) is 0 Å². The van der Waals surface area contributed by atoms with Crippen molar-refractivity contribution in [2.75, 3.05) is 0 Å². The molecule has 2 heterocycles.